The normalized spacial score (nSPS) is 39.2. The lowest BCUT2D eigenvalue weighted by atomic mass is 9.97. The lowest BCUT2D eigenvalue weighted by Crippen LogP contribution is -2.46. The van der Waals surface area contributed by atoms with Crippen molar-refractivity contribution in [1.82, 2.24) is 0 Å². The van der Waals surface area contributed by atoms with E-state index >= 15 is 0 Å². The predicted molar refractivity (Wildman–Crippen MR) is 51.5 cm³/mol. The summed E-state index contributed by atoms with van der Waals surface area (Å²) >= 11 is 0. The number of hydrogen-bond donors (Lipinski definition) is 0. The van der Waals surface area contributed by atoms with Crippen LogP contribution in [0.1, 0.15) is 52.4 Å². The summed E-state index contributed by atoms with van der Waals surface area (Å²) in [7, 11) is 0. The molecule has 2 rings (SSSR count). The van der Waals surface area contributed by atoms with Crippen LogP contribution in [0, 0.1) is 0 Å². The minimum atomic E-state index is -0.199. The van der Waals surface area contributed by atoms with Crippen molar-refractivity contribution >= 4 is 0 Å². The molecule has 0 unspecified atom stereocenters. The zero-order valence-electron chi connectivity index (χ0n) is 8.71. The maximum Gasteiger partial charge on any atom is 0.168 e. The van der Waals surface area contributed by atoms with E-state index in [2.05, 4.69) is 13.8 Å². The van der Waals surface area contributed by atoms with Gasteiger partial charge in [0.2, 0.25) is 0 Å². The number of rotatable bonds is 0. The molecule has 13 heavy (non-hydrogen) atoms. The van der Waals surface area contributed by atoms with Crippen molar-refractivity contribution in [3.05, 3.63) is 0 Å². The summed E-state index contributed by atoms with van der Waals surface area (Å²) in [5.41, 5.74) is 0. The molecule has 0 aromatic carbocycles. The summed E-state index contributed by atoms with van der Waals surface area (Å²) in [5.74, 6) is -0.199. The molecule has 0 saturated carbocycles. The van der Waals surface area contributed by atoms with Crippen LogP contribution in [0.5, 0.6) is 0 Å². The predicted octanol–water partition coefficient (Wildman–Crippen LogP) is 2.86. The quantitative estimate of drug-likeness (QED) is 0.544. The van der Waals surface area contributed by atoms with Gasteiger partial charge in [0.1, 0.15) is 0 Å². The molecule has 2 fully saturated rings. The Morgan fingerprint density at radius 2 is 1.38 bits per heavy atom. The summed E-state index contributed by atoms with van der Waals surface area (Å²) in [4.78, 5) is 0. The average molecular weight is 188 g/mol. The third-order valence-corrected chi connectivity index (χ3v) is 3.17. The van der Waals surface area contributed by atoms with Gasteiger partial charge in [0.25, 0.3) is 0 Å². The Morgan fingerprint density at radius 3 is 1.77 bits per heavy atom. The van der Waals surface area contributed by atoms with E-state index in [1.165, 1.54) is 25.7 Å². The molecule has 0 bridgehead atoms. The minimum Gasteiger partial charge on any atom is -0.347 e. The molecule has 1 spiro atoms. The van der Waals surface area contributed by atoms with Crippen LogP contribution in [0.4, 0.5) is 0 Å². The Hall–Kier alpha value is -0.0800. The molecule has 0 aromatic rings. The maximum absolute atomic E-state index is 5.96. The van der Waals surface area contributed by atoms with Crippen LogP contribution in [0.3, 0.4) is 0 Å². The largest absolute Gasteiger partial charge is 0.347 e. The smallest absolute Gasteiger partial charge is 0.168 e. The van der Waals surface area contributed by atoms with Crippen LogP contribution in [0.15, 0.2) is 0 Å². The van der Waals surface area contributed by atoms with Gasteiger partial charge in [0.05, 0.1) is 12.2 Å². The lowest BCUT2D eigenvalue weighted by Gasteiger charge is -2.44. The Bertz CT molecular complexity index is 159. The van der Waals surface area contributed by atoms with Gasteiger partial charge in [-0.15, -0.1) is 0 Å². The van der Waals surface area contributed by atoms with Crippen molar-refractivity contribution in [2.75, 3.05) is 0 Å². The molecular weight excluding hydrogens is 168 g/mol. The van der Waals surface area contributed by atoms with Gasteiger partial charge in [-0.25, -0.2) is 0 Å². The number of ether oxygens (including phenoxy) is 2. The first-order valence-electron chi connectivity index (χ1n) is 5.56. The Kier molecular flexibility index (Phi) is 2.61. The van der Waals surface area contributed by atoms with E-state index in [4.69, 9.17) is 9.47 Å². The topological polar surface area (TPSA) is 18.5 Å². The fraction of sp³-hybridized carbons (Fsp3) is 1.00. The molecule has 2 heteroatoms. The first-order chi connectivity index (χ1) is 6.20. The van der Waals surface area contributed by atoms with Crippen LogP contribution in [-0.4, -0.2) is 18.0 Å². The summed E-state index contributed by atoms with van der Waals surface area (Å²) < 4.78 is 11.9. The molecule has 0 radical (unpaired) electrons. The van der Waals surface area contributed by atoms with E-state index in [1.807, 2.05) is 0 Å². The molecule has 0 N–H and O–H groups in total. The Balaban J connectivity index is 2.00. The maximum atomic E-state index is 5.96. The fourth-order valence-electron chi connectivity index (χ4n) is 2.56. The summed E-state index contributed by atoms with van der Waals surface area (Å²) in [5, 5.41) is 0. The van der Waals surface area contributed by atoms with E-state index in [-0.39, 0.29) is 5.79 Å². The highest BCUT2D eigenvalue weighted by Gasteiger charge is 2.40. The summed E-state index contributed by atoms with van der Waals surface area (Å²) in [6.45, 7) is 4.31. The molecule has 2 nitrogen and oxygen atoms in total. The van der Waals surface area contributed by atoms with Crippen molar-refractivity contribution in [2.24, 2.45) is 0 Å². The first kappa shape index (κ1) is 9.47. The van der Waals surface area contributed by atoms with Crippen LogP contribution >= 0.6 is 0 Å². The highest BCUT2D eigenvalue weighted by molar-refractivity contribution is 4.81. The molecule has 2 saturated heterocycles. The lowest BCUT2D eigenvalue weighted by molar-refractivity contribution is -0.309. The van der Waals surface area contributed by atoms with Crippen molar-refractivity contribution in [3.8, 4) is 0 Å². The highest BCUT2D eigenvalue weighted by Crippen LogP contribution is 2.38. The zero-order valence-corrected chi connectivity index (χ0v) is 8.71. The summed E-state index contributed by atoms with van der Waals surface area (Å²) in [6, 6.07) is 0. The molecular formula is C11H20O2. The average Bonchev–Trinajstić information content (AvgIpc) is 2.02. The molecule has 2 atom stereocenters. The van der Waals surface area contributed by atoms with Gasteiger partial charge < -0.3 is 9.47 Å². The van der Waals surface area contributed by atoms with E-state index in [0.717, 1.165) is 12.8 Å². The van der Waals surface area contributed by atoms with Gasteiger partial charge in [0.15, 0.2) is 5.79 Å². The van der Waals surface area contributed by atoms with Gasteiger partial charge >= 0.3 is 0 Å². The Labute approximate surface area is 80.6 Å². The van der Waals surface area contributed by atoms with Crippen LogP contribution in [0.2, 0.25) is 0 Å². The SMILES string of the molecule is C[C@H]1CCCC2(CCC[C@H](C)[18O]2)[18O]1. The second kappa shape index (κ2) is 3.58. The van der Waals surface area contributed by atoms with Crippen LogP contribution in [-0.2, 0) is 9.47 Å². The Morgan fingerprint density at radius 1 is 0.923 bits per heavy atom. The molecule has 2 aliphatic heterocycles. The van der Waals surface area contributed by atoms with Gasteiger partial charge in [0, 0.05) is 12.8 Å². The second-order valence-corrected chi connectivity index (χ2v) is 4.55. The monoisotopic (exact) mass is 188 g/mol. The second-order valence-electron chi connectivity index (χ2n) is 4.55. The van der Waals surface area contributed by atoms with Gasteiger partial charge in [-0.05, 0) is 39.5 Å². The molecule has 2 heterocycles. The third kappa shape index (κ3) is 2.05. The van der Waals surface area contributed by atoms with Crippen LogP contribution in [0.25, 0.3) is 0 Å². The fourth-order valence-corrected chi connectivity index (χ4v) is 2.56. The van der Waals surface area contributed by atoms with Gasteiger partial charge in [-0.1, -0.05) is 0 Å². The van der Waals surface area contributed by atoms with Crippen LogP contribution < -0.4 is 0 Å². The van der Waals surface area contributed by atoms with E-state index < -0.39 is 0 Å². The molecule has 2 aliphatic rings. The number of hydrogen-bond acceptors (Lipinski definition) is 2. The molecule has 0 amide bonds. The zero-order chi connectivity index (χ0) is 9.31. The highest BCUT2D eigenvalue weighted by atomic mass is 18.5. The minimum absolute atomic E-state index is 0.199. The standard InChI is InChI=1S/C11H20O2/c1-9-5-3-7-11(12-9)8-4-6-10(2)13-11/h9-10H,3-8H2,1-2H3/t9-,10-,11?/m0/s1/i12+2,13+2. The van der Waals surface area contributed by atoms with Crippen molar-refractivity contribution < 1.29 is 9.47 Å². The van der Waals surface area contributed by atoms with E-state index in [9.17, 15) is 0 Å². The summed E-state index contributed by atoms with van der Waals surface area (Å²) in [6.07, 6.45) is 7.88. The van der Waals surface area contributed by atoms with E-state index in [0.29, 0.717) is 12.2 Å². The van der Waals surface area contributed by atoms with E-state index in [1.54, 1.807) is 0 Å². The molecule has 76 valence electrons. The van der Waals surface area contributed by atoms with Gasteiger partial charge in [-0.3, -0.25) is 0 Å². The third-order valence-electron chi connectivity index (χ3n) is 3.17. The van der Waals surface area contributed by atoms with Crippen molar-refractivity contribution in [2.45, 2.75) is 70.4 Å². The molecule has 0 aromatic heterocycles. The van der Waals surface area contributed by atoms with Crippen molar-refractivity contribution in [3.63, 3.8) is 0 Å². The molecule has 0 aliphatic carbocycles. The van der Waals surface area contributed by atoms with Crippen molar-refractivity contribution in [1.29, 1.82) is 0 Å². The first-order valence-corrected chi connectivity index (χ1v) is 5.56. The van der Waals surface area contributed by atoms with Gasteiger partial charge in [-0.2, -0.15) is 0 Å².